The van der Waals surface area contributed by atoms with E-state index in [9.17, 15) is 19.2 Å². The van der Waals surface area contributed by atoms with E-state index >= 15 is 0 Å². The molecule has 0 fully saturated rings. The second-order valence-electron chi connectivity index (χ2n) is 10.1. The van der Waals surface area contributed by atoms with E-state index in [1.54, 1.807) is 24.3 Å². The minimum Gasteiger partial charge on any atom is -0.448 e. The van der Waals surface area contributed by atoms with Gasteiger partial charge in [-0.05, 0) is 37.5 Å². The zero-order valence-electron chi connectivity index (χ0n) is 24.3. The van der Waals surface area contributed by atoms with Crippen LogP contribution in [0.4, 0.5) is 9.59 Å². The summed E-state index contributed by atoms with van der Waals surface area (Å²) in [6.45, 7) is 8.16. The van der Waals surface area contributed by atoms with Crippen LogP contribution in [-0.2, 0) is 9.47 Å². The molecule has 0 bridgehead atoms. The number of rotatable bonds is 16. The lowest BCUT2D eigenvalue weighted by atomic mass is 10.0. The van der Waals surface area contributed by atoms with Gasteiger partial charge in [-0.15, -0.1) is 0 Å². The Kier molecular flexibility index (Phi) is 12.6. The van der Waals surface area contributed by atoms with Crippen LogP contribution in [-0.4, -0.2) is 79.7 Å². The fourth-order valence-electron chi connectivity index (χ4n) is 4.61. The molecule has 0 aromatic heterocycles. The number of unbranched alkanes of at least 4 members (excludes halogenated alkanes) is 2. The molecule has 0 radical (unpaired) electrons. The minimum atomic E-state index is -0.612. The van der Waals surface area contributed by atoms with Crippen molar-refractivity contribution in [3.63, 3.8) is 0 Å². The Hall–Kier alpha value is -3.92. The third-order valence-corrected chi connectivity index (χ3v) is 6.88. The zero-order chi connectivity index (χ0) is 29.6. The van der Waals surface area contributed by atoms with Gasteiger partial charge in [0.25, 0.3) is 11.8 Å². The second-order valence-corrected chi connectivity index (χ2v) is 10.1. The molecular formula is C31H42N4O6. The fraction of sp³-hybridized carbons (Fsp3) is 0.484. The number of nitrogens with one attached hydrogen (secondary N) is 2. The Bertz CT molecular complexity index is 1120. The van der Waals surface area contributed by atoms with Crippen molar-refractivity contribution in [1.82, 2.24) is 20.4 Å². The molecule has 1 heterocycles. The van der Waals surface area contributed by atoms with Crippen LogP contribution in [0.2, 0.25) is 0 Å². The van der Waals surface area contributed by atoms with Crippen LogP contribution in [0.3, 0.4) is 0 Å². The fourth-order valence-corrected chi connectivity index (χ4v) is 4.61. The lowest BCUT2D eigenvalue weighted by molar-refractivity contribution is 0.0511. The van der Waals surface area contributed by atoms with Crippen molar-refractivity contribution in [2.75, 3.05) is 45.9 Å². The third kappa shape index (κ3) is 9.31. The summed E-state index contributed by atoms with van der Waals surface area (Å²) in [7, 11) is 0. The monoisotopic (exact) mass is 566 g/mol. The average molecular weight is 567 g/mol. The van der Waals surface area contributed by atoms with Gasteiger partial charge in [0.15, 0.2) is 0 Å². The Morgan fingerprint density at radius 1 is 0.829 bits per heavy atom. The Balaban J connectivity index is 1.77. The lowest BCUT2D eigenvalue weighted by Gasteiger charge is -2.32. The highest BCUT2D eigenvalue weighted by molar-refractivity contribution is 6.21. The maximum atomic E-state index is 13.5. The van der Waals surface area contributed by atoms with E-state index in [2.05, 4.69) is 10.6 Å². The van der Waals surface area contributed by atoms with Gasteiger partial charge in [-0.2, -0.15) is 0 Å². The van der Waals surface area contributed by atoms with Gasteiger partial charge in [-0.3, -0.25) is 19.4 Å². The number of nitrogens with zero attached hydrogens (tertiary/aromatic N) is 2. The molecule has 0 saturated heterocycles. The number of alkyl carbamates (subject to hydrolysis) is 2. The van der Waals surface area contributed by atoms with Crippen LogP contribution in [0, 0.1) is 6.92 Å². The third-order valence-electron chi connectivity index (χ3n) is 6.88. The number of hydrogen-bond acceptors (Lipinski definition) is 7. The molecule has 2 aromatic carbocycles. The Morgan fingerprint density at radius 2 is 1.37 bits per heavy atom. The molecule has 0 saturated carbocycles. The number of carbonyl (C=O) groups is 4. The minimum absolute atomic E-state index is 0.0866. The number of hydrogen-bond donors (Lipinski definition) is 2. The molecule has 4 amide bonds. The van der Waals surface area contributed by atoms with Gasteiger partial charge in [-0.1, -0.05) is 68.7 Å². The number of fused-ring (bicyclic) bond motifs is 1. The first-order valence-electron chi connectivity index (χ1n) is 14.4. The van der Waals surface area contributed by atoms with Gasteiger partial charge in [-0.25, -0.2) is 9.59 Å². The van der Waals surface area contributed by atoms with Crippen LogP contribution in [0.5, 0.6) is 0 Å². The summed E-state index contributed by atoms with van der Waals surface area (Å²) in [5.74, 6) is -0.703. The maximum absolute atomic E-state index is 13.5. The van der Waals surface area contributed by atoms with Crippen LogP contribution >= 0.6 is 0 Å². The average Bonchev–Trinajstić information content (AvgIpc) is 3.21. The van der Waals surface area contributed by atoms with E-state index in [4.69, 9.17) is 9.47 Å². The van der Waals surface area contributed by atoms with Crippen molar-refractivity contribution in [3.8, 4) is 0 Å². The molecular weight excluding hydrogens is 524 g/mol. The van der Waals surface area contributed by atoms with Gasteiger partial charge in [0.1, 0.15) is 13.2 Å². The first-order chi connectivity index (χ1) is 19.8. The van der Waals surface area contributed by atoms with Crippen LogP contribution in [0.1, 0.15) is 77.4 Å². The van der Waals surface area contributed by atoms with Crippen molar-refractivity contribution >= 4 is 24.0 Å². The molecule has 10 nitrogen and oxygen atoms in total. The smallest absolute Gasteiger partial charge is 0.407 e. The quantitative estimate of drug-likeness (QED) is 0.224. The summed E-state index contributed by atoms with van der Waals surface area (Å²) >= 11 is 0. The molecule has 0 aliphatic carbocycles. The summed E-state index contributed by atoms with van der Waals surface area (Å²) in [4.78, 5) is 54.4. The van der Waals surface area contributed by atoms with Gasteiger partial charge in [0.2, 0.25) is 0 Å². The normalized spacial score (nSPS) is 13.2. The summed E-state index contributed by atoms with van der Waals surface area (Å²) in [5.41, 5.74) is 2.55. The predicted octanol–water partition coefficient (Wildman–Crippen LogP) is 4.69. The van der Waals surface area contributed by atoms with E-state index in [0.717, 1.165) is 36.8 Å². The first-order valence-corrected chi connectivity index (χ1v) is 14.4. The van der Waals surface area contributed by atoms with E-state index in [-0.39, 0.29) is 31.6 Å². The van der Waals surface area contributed by atoms with Gasteiger partial charge < -0.3 is 20.1 Å². The molecule has 222 valence electrons. The molecule has 2 N–H and O–H groups in total. The number of imide groups is 1. The van der Waals surface area contributed by atoms with Crippen molar-refractivity contribution in [2.24, 2.45) is 0 Å². The largest absolute Gasteiger partial charge is 0.448 e. The molecule has 2 aromatic rings. The standard InChI is InChI=1S/C31H42N4O6/c1-4-6-15-32-30(38)40-19-17-34(18-20-41-31(39)33-16-7-5-2)22-27(24-12-10-11-23(3)21-24)35-28(36)25-13-8-9-14-26(25)29(35)37/h8-14,21,27H,4-7,15-20,22H2,1-3H3,(H,32,38)(H,33,39). The number of carbonyl (C=O) groups excluding carboxylic acids is 4. The van der Waals surface area contributed by atoms with Gasteiger partial charge in [0.05, 0.1) is 17.2 Å². The molecule has 41 heavy (non-hydrogen) atoms. The van der Waals surface area contributed by atoms with E-state index in [1.165, 1.54) is 4.90 Å². The summed E-state index contributed by atoms with van der Waals surface area (Å²) in [6, 6.07) is 13.9. The van der Waals surface area contributed by atoms with Crippen molar-refractivity contribution in [1.29, 1.82) is 0 Å². The molecule has 1 aliphatic rings. The predicted molar refractivity (Wildman–Crippen MR) is 156 cm³/mol. The molecule has 1 aliphatic heterocycles. The van der Waals surface area contributed by atoms with Crippen LogP contribution < -0.4 is 10.6 Å². The van der Waals surface area contributed by atoms with Crippen molar-refractivity contribution < 1.29 is 28.7 Å². The van der Waals surface area contributed by atoms with E-state index in [0.29, 0.717) is 37.3 Å². The Morgan fingerprint density at radius 3 is 1.85 bits per heavy atom. The summed E-state index contributed by atoms with van der Waals surface area (Å²) in [6.07, 6.45) is 2.63. The van der Waals surface area contributed by atoms with Crippen LogP contribution in [0.15, 0.2) is 48.5 Å². The molecule has 1 atom stereocenters. The van der Waals surface area contributed by atoms with Crippen molar-refractivity contribution in [3.05, 3.63) is 70.8 Å². The molecule has 0 spiro atoms. The number of aryl methyl sites for hydroxylation is 1. The number of ether oxygens (including phenoxy) is 2. The van der Waals surface area contributed by atoms with E-state index < -0.39 is 18.2 Å². The molecule has 3 rings (SSSR count). The number of amides is 4. The van der Waals surface area contributed by atoms with Gasteiger partial charge in [0, 0.05) is 32.7 Å². The number of benzene rings is 2. The zero-order valence-corrected chi connectivity index (χ0v) is 24.3. The van der Waals surface area contributed by atoms with Crippen molar-refractivity contribution in [2.45, 2.75) is 52.5 Å². The SMILES string of the molecule is CCCCNC(=O)OCCN(CCOC(=O)NCCCC)CC(c1cccc(C)c1)N1C(=O)c2ccccc2C1=O. The van der Waals surface area contributed by atoms with Crippen LogP contribution in [0.25, 0.3) is 0 Å². The lowest BCUT2D eigenvalue weighted by Crippen LogP contribution is -2.43. The first kappa shape index (κ1) is 31.6. The van der Waals surface area contributed by atoms with E-state index in [1.807, 2.05) is 49.9 Å². The summed E-state index contributed by atoms with van der Waals surface area (Å²) in [5, 5.41) is 5.45. The molecule has 1 unspecified atom stereocenters. The highest BCUT2D eigenvalue weighted by atomic mass is 16.6. The topological polar surface area (TPSA) is 117 Å². The molecule has 10 heteroatoms. The highest BCUT2D eigenvalue weighted by Gasteiger charge is 2.41. The summed E-state index contributed by atoms with van der Waals surface area (Å²) < 4.78 is 10.8. The highest BCUT2D eigenvalue weighted by Crippen LogP contribution is 2.32. The maximum Gasteiger partial charge on any atom is 0.407 e. The second kappa shape index (κ2) is 16.4. The van der Waals surface area contributed by atoms with Gasteiger partial charge >= 0.3 is 12.2 Å². The Labute approximate surface area is 242 Å².